The van der Waals surface area contributed by atoms with E-state index in [1.54, 1.807) is 6.92 Å². The van der Waals surface area contributed by atoms with Crippen molar-refractivity contribution in [2.24, 2.45) is 0 Å². The van der Waals surface area contributed by atoms with Crippen LogP contribution in [0.3, 0.4) is 0 Å². The van der Waals surface area contributed by atoms with Gasteiger partial charge in [-0.05, 0) is 6.92 Å². The molecule has 0 spiro atoms. The molecule has 3 N–H and O–H groups in total. The number of rotatable bonds is 2. The molecule has 0 aliphatic carbocycles. The Morgan fingerprint density at radius 1 is 1.80 bits per heavy atom. The van der Waals surface area contributed by atoms with Crippen molar-refractivity contribution in [1.29, 1.82) is 0 Å². The molecule has 1 rings (SSSR count). The highest BCUT2D eigenvalue weighted by atomic mass is 16.5. The summed E-state index contributed by atoms with van der Waals surface area (Å²) in [4.78, 5) is 10.8. The van der Waals surface area contributed by atoms with E-state index in [4.69, 9.17) is 0 Å². The van der Waals surface area contributed by atoms with E-state index in [9.17, 15) is 4.79 Å². The number of ether oxygens (including phenoxy) is 1. The molecule has 0 saturated carbocycles. The molecule has 0 aromatic rings. The molecule has 1 heterocycles. The maximum atomic E-state index is 10.8. The second-order valence-electron chi connectivity index (χ2n) is 1.67. The first kappa shape index (κ1) is 6.88. The molecule has 0 aromatic heterocycles. The van der Waals surface area contributed by atoms with Crippen molar-refractivity contribution >= 4 is 5.97 Å². The van der Waals surface area contributed by atoms with Crippen molar-refractivity contribution in [2.45, 2.75) is 6.92 Å². The molecular weight excluding hydrogens is 134 g/mol. The van der Waals surface area contributed by atoms with E-state index in [1.807, 2.05) is 0 Å². The van der Waals surface area contributed by atoms with Crippen LogP contribution in [0.25, 0.3) is 0 Å². The molecular formula is C5H9N3O2. The Hall–Kier alpha value is -1.23. The van der Waals surface area contributed by atoms with Crippen LogP contribution in [0.1, 0.15) is 6.92 Å². The van der Waals surface area contributed by atoms with Gasteiger partial charge in [0, 0.05) is 6.20 Å². The Kier molecular flexibility index (Phi) is 2.11. The van der Waals surface area contributed by atoms with Crippen LogP contribution in [-0.2, 0) is 9.53 Å². The Balaban J connectivity index is 2.40. The van der Waals surface area contributed by atoms with E-state index in [-0.39, 0.29) is 5.97 Å². The van der Waals surface area contributed by atoms with Crippen LogP contribution in [0.4, 0.5) is 0 Å². The maximum Gasteiger partial charge on any atom is 0.357 e. The van der Waals surface area contributed by atoms with Gasteiger partial charge < -0.3 is 10.2 Å². The smallest absolute Gasteiger partial charge is 0.357 e. The lowest BCUT2D eigenvalue weighted by Crippen LogP contribution is -2.33. The zero-order chi connectivity index (χ0) is 7.40. The molecule has 0 fully saturated rings. The Labute approximate surface area is 58.4 Å². The summed E-state index contributed by atoms with van der Waals surface area (Å²) in [6.07, 6.45) is 1.50. The minimum absolute atomic E-state index is 0.361. The third kappa shape index (κ3) is 1.38. The van der Waals surface area contributed by atoms with Gasteiger partial charge >= 0.3 is 5.97 Å². The molecule has 0 aromatic carbocycles. The van der Waals surface area contributed by atoms with Crippen LogP contribution < -0.4 is 16.4 Å². The molecule has 0 radical (unpaired) electrons. The van der Waals surface area contributed by atoms with E-state index in [1.165, 1.54) is 6.20 Å². The largest absolute Gasteiger partial charge is 0.461 e. The number of carbonyl (C=O) groups excluding carboxylic acids is 1. The lowest BCUT2D eigenvalue weighted by Gasteiger charge is -2.00. The second kappa shape index (κ2) is 3.07. The molecule has 1 aliphatic rings. The highest BCUT2D eigenvalue weighted by molar-refractivity contribution is 5.87. The number of hydrogen-bond acceptors (Lipinski definition) is 5. The third-order valence-electron chi connectivity index (χ3n) is 0.981. The van der Waals surface area contributed by atoms with Crippen molar-refractivity contribution in [3.05, 3.63) is 11.9 Å². The van der Waals surface area contributed by atoms with Gasteiger partial charge in [-0.15, -0.1) is 0 Å². The lowest BCUT2D eigenvalue weighted by atomic mass is 10.5. The van der Waals surface area contributed by atoms with Crippen molar-refractivity contribution in [3.63, 3.8) is 0 Å². The standard InChI is InChI=1S/C5H9N3O2/c1-2-10-5(9)4-3-6-8-7-4/h3,6-8H,2H2,1H3. The summed E-state index contributed by atoms with van der Waals surface area (Å²) in [7, 11) is 0. The van der Waals surface area contributed by atoms with Crippen LogP contribution in [0.15, 0.2) is 11.9 Å². The minimum Gasteiger partial charge on any atom is -0.461 e. The topological polar surface area (TPSA) is 62.4 Å². The molecule has 56 valence electrons. The molecule has 0 amide bonds. The van der Waals surface area contributed by atoms with Crippen LogP contribution in [0.2, 0.25) is 0 Å². The maximum absolute atomic E-state index is 10.8. The van der Waals surface area contributed by atoms with Gasteiger partial charge in [0.15, 0.2) is 5.70 Å². The minimum atomic E-state index is -0.361. The monoisotopic (exact) mass is 143 g/mol. The van der Waals surface area contributed by atoms with E-state index >= 15 is 0 Å². The highest BCUT2D eigenvalue weighted by Gasteiger charge is 2.12. The van der Waals surface area contributed by atoms with E-state index in [0.29, 0.717) is 12.3 Å². The summed E-state index contributed by atoms with van der Waals surface area (Å²) in [5.74, 6) is -0.361. The van der Waals surface area contributed by atoms with Gasteiger partial charge in [-0.25, -0.2) is 4.79 Å². The van der Waals surface area contributed by atoms with E-state index in [2.05, 4.69) is 21.1 Å². The normalized spacial score (nSPS) is 15.1. The van der Waals surface area contributed by atoms with Gasteiger partial charge in [-0.3, -0.25) is 5.43 Å². The van der Waals surface area contributed by atoms with Gasteiger partial charge in [0.1, 0.15) is 0 Å². The van der Waals surface area contributed by atoms with Crippen molar-refractivity contribution in [3.8, 4) is 0 Å². The number of hydrogen-bond donors (Lipinski definition) is 3. The first-order valence-electron chi connectivity index (χ1n) is 2.98. The quantitative estimate of drug-likeness (QED) is 0.433. The predicted octanol–water partition coefficient (Wildman–Crippen LogP) is -0.997. The first-order valence-corrected chi connectivity index (χ1v) is 2.98. The fourth-order valence-electron chi connectivity index (χ4n) is 0.567. The summed E-state index contributed by atoms with van der Waals surface area (Å²) in [5, 5.41) is 0. The third-order valence-corrected chi connectivity index (χ3v) is 0.981. The van der Waals surface area contributed by atoms with Crippen LogP contribution >= 0.6 is 0 Å². The predicted molar refractivity (Wildman–Crippen MR) is 34.1 cm³/mol. The summed E-state index contributed by atoms with van der Waals surface area (Å²) >= 11 is 0. The van der Waals surface area contributed by atoms with Crippen LogP contribution in [-0.4, -0.2) is 12.6 Å². The average Bonchev–Trinajstić information content (AvgIpc) is 2.38. The molecule has 5 nitrogen and oxygen atoms in total. The molecule has 5 heteroatoms. The Morgan fingerprint density at radius 2 is 2.60 bits per heavy atom. The highest BCUT2D eigenvalue weighted by Crippen LogP contribution is 1.92. The van der Waals surface area contributed by atoms with Crippen molar-refractivity contribution in [1.82, 2.24) is 16.4 Å². The van der Waals surface area contributed by atoms with E-state index < -0.39 is 0 Å². The molecule has 0 saturated heterocycles. The first-order chi connectivity index (χ1) is 4.84. The lowest BCUT2D eigenvalue weighted by molar-refractivity contribution is -0.138. The van der Waals surface area contributed by atoms with Crippen LogP contribution in [0.5, 0.6) is 0 Å². The van der Waals surface area contributed by atoms with Gasteiger partial charge in [0.05, 0.1) is 6.61 Å². The average molecular weight is 143 g/mol. The number of nitrogens with one attached hydrogen (secondary N) is 3. The van der Waals surface area contributed by atoms with Crippen molar-refractivity contribution < 1.29 is 9.53 Å². The van der Waals surface area contributed by atoms with Crippen molar-refractivity contribution in [2.75, 3.05) is 6.61 Å². The summed E-state index contributed by atoms with van der Waals surface area (Å²) in [6.45, 7) is 2.14. The molecule has 1 aliphatic heterocycles. The summed E-state index contributed by atoms with van der Waals surface area (Å²) < 4.78 is 4.68. The Bertz CT molecular complexity index is 166. The summed E-state index contributed by atoms with van der Waals surface area (Å²) in [6, 6.07) is 0. The summed E-state index contributed by atoms with van der Waals surface area (Å²) in [5.41, 5.74) is 8.06. The second-order valence-corrected chi connectivity index (χ2v) is 1.67. The van der Waals surface area contributed by atoms with Gasteiger partial charge in [0.2, 0.25) is 0 Å². The fourth-order valence-corrected chi connectivity index (χ4v) is 0.567. The zero-order valence-electron chi connectivity index (χ0n) is 5.60. The molecule has 10 heavy (non-hydrogen) atoms. The number of carbonyl (C=O) groups is 1. The fraction of sp³-hybridized carbons (Fsp3) is 0.400. The molecule has 0 bridgehead atoms. The molecule has 0 unspecified atom stereocenters. The van der Waals surface area contributed by atoms with Gasteiger partial charge in [-0.2, -0.15) is 5.53 Å². The SMILES string of the molecule is CCOC(=O)C1=CNNN1. The number of hydrazine groups is 2. The zero-order valence-corrected chi connectivity index (χ0v) is 5.60. The van der Waals surface area contributed by atoms with Gasteiger partial charge in [-0.1, -0.05) is 0 Å². The van der Waals surface area contributed by atoms with Crippen LogP contribution in [0, 0.1) is 0 Å². The number of esters is 1. The van der Waals surface area contributed by atoms with Gasteiger partial charge in [0.25, 0.3) is 0 Å². The Morgan fingerprint density at radius 3 is 3.10 bits per heavy atom. The molecule has 0 atom stereocenters. The van der Waals surface area contributed by atoms with E-state index in [0.717, 1.165) is 0 Å².